The molecule has 0 atom stereocenters. The number of thioether (sulfide) groups is 1. The van der Waals surface area contributed by atoms with Crippen LogP contribution in [0, 0.1) is 0 Å². The van der Waals surface area contributed by atoms with Gasteiger partial charge in [0.1, 0.15) is 0 Å². The van der Waals surface area contributed by atoms with Crippen LogP contribution < -0.4 is 10.5 Å². The fraction of sp³-hybridized carbons (Fsp3) is 0.158. The first-order valence-corrected chi connectivity index (χ1v) is 9.90. The highest BCUT2D eigenvalue weighted by Gasteiger charge is 2.14. The van der Waals surface area contributed by atoms with Crippen LogP contribution in [0.25, 0.3) is 21.8 Å². The molecule has 0 fully saturated rings. The van der Waals surface area contributed by atoms with E-state index in [1.165, 1.54) is 11.8 Å². The molecule has 0 aliphatic rings. The van der Waals surface area contributed by atoms with Gasteiger partial charge in [-0.05, 0) is 24.3 Å². The molecule has 5 aromatic rings. The Labute approximate surface area is 168 Å². The number of rotatable bonds is 5. The minimum Gasteiger partial charge on any atom is -0.335 e. The van der Waals surface area contributed by atoms with Crippen LogP contribution >= 0.6 is 11.8 Å². The Balaban J connectivity index is 1.57. The molecule has 9 nitrogen and oxygen atoms in total. The van der Waals surface area contributed by atoms with Crippen molar-refractivity contribution in [3.8, 4) is 0 Å². The van der Waals surface area contributed by atoms with E-state index < -0.39 is 0 Å². The van der Waals surface area contributed by atoms with Crippen molar-refractivity contribution in [3.05, 3.63) is 70.4 Å². The molecule has 5 rings (SSSR count). The average Bonchev–Trinajstić information content (AvgIpc) is 3.40. The number of nitrogens with zero attached hydrogens (tertiary/aromatic N) is 8. The number of para-hydroxylation sites is 2. The standard InChI is InChI=1S/C19H15N8OS/c1-26-17(22-23-19(26)29-11-16-20-24-25-21-16)10-27-14-8-4-2-6-12(14)18(28)13-7-3-5-9-15(13)27/h2-9H,10-11H2,1H3/q-1. The monoisotopic (exact) mass is 403 g/mol. The lowest BCUT2D eigenvalue weighted by molar-refractivity contribution is 0.696. The second-order valence-corrected chi connectivity index (χ2v) is 7.43. The fourth-order valence-corrected chi connectivity index (χ4v) is 4.12. The lowest BCUT2D eigenvalue weighted by Crippen LogP contribution is -2.14. The summed E-state index contributed by atoms with van der Waals surface area (Å²) in [7, 11) is 1.92. The van der Waals surface area contributed by atoms with E-state index in [4.69, 9.17) is 0 Å². The molecule has 144 valence electrons. The van der Waals surface area contributed by atoms with Gasteiger partial charge in [0.15, 0.2) is 16.4 Å². The molecule has 0 aliphatic heterocycles. The van der Waals surface area contributed by atoms with E-state index >= 15 is 0 Å². The molecule has 0 amide bonds. The smallest absolute Gasteiger partial charge is 0.197 e. The molecular weight excluding hydrogens is 388 g/mol. The molecule has 10 heteroatoms. The minimum atomic E-state index is 0.0403. The Morgan fingerprint density at radius 1 is 0.966 bits per heavy atom. The van der Waals surface area contributed by atoms with E-state index in [2.05, 4.69) is 35.4 Å². The van der Waals surface area contributed by atoms with Crippen LogP contribution in [0.15, 0.2) is 58.5 Å². The summed E-state index contributed by atoms with van der Waals surface area (Å²) in [6.07, 6.45) is 0. The maximum atomic E-state index is 12.9. The number of aromatic nitrogens is 8. The summed E-state index contributed by atoms with van der Waals surface area (Å²) < 4.78 is 4.05. The first-order valence-electron chi connectivity index (χ1n) is 8.91. The van der Waals surface area contributed by atoms with Gasteiger partial charge < -0.3 is 14.2 Å². The molecule has 0 unspecified atom stereocenters. The van der Waals surface area contributed by atoms with E-state index in [1.54, 1.807) is 0 Å². The van der Waals surface area contributed by atoms with Crippen LogP contribution in [-0.4, -0.2) is 34.9 Å². The highest BCUT2D eigenvalue weighted by molar-refractivity contribution is 7.98. The van der Waals surface area contributed by atoms with Gasteiger partial charge in [-0.2, -0.15) is 5.21 Å². The quantitative estimate of drug-likeness (QED) is 0.323. The van der Waals surface area contributed by atoms with Crippen LogP contribution in [0.1, 0.15) is 11.6 Å². The van der Waals surface area contributed by atoms with Crippen molar-refractivity contribution in [2.45, 2.75) is 17.5 Å². The van der Waals surface area contributed by atoms with E-state index in [0.29, 0.717) is 28.9 Å². The van der Waals surface area contributed by atoms with Gasteiger partial charge in [-0.3, -0.25) is 15.1 Å². The van der Waals surface area contributed by atoms with Crippen LogP contribution in [-0.2, 0) is 19.3 Å². The van der Waals surface area contributed by atoms with E-state index in [-0.39, 0.29) is 5.43 Å². The highest BCUT2D eigenvalue weighted by atomic mass is 32.2. The van der Waals surface area contributed by atoms with Crippen molar-refractivity contribution >= 4 is 33.6 Å². The van der Waals surface area contributed by atoms with Crippen molar-refractivity contribution in [1.29, 1.82) is 0 Å². The first-order chi connectivity index (χ1) is 14.2. The zero-order valence-corrected chi connectivity index (χ0v) is 16.2. The second kappa shape index (κ2) is 7.13. The molecular formula is C19H15N8OS-. The van der Waals surface area contributed by atoms with Crippen LogP contribution in [0.5, 0.6) is 0 Å². The van der Waals surface area contributed by atoms with Crippen LogP contribution in [0.4, 0.5) is 0 Å². The first kappa shape index (κ1) is 17.6. The normalized spacial score (nSPS) is 11.5. The number of benzene rings is 2. The van der Waals surface area contributed by atoms with Gasteiger partial charge in [0, 0.05) is 29.4 Å². The second-order valence-electron chi connectivity index (χ2n) is 6.49. The number of fused-ring (bicyclic) bond motifs is 2. The number of hydrogen-bond acceptors (Lipinski definition) is 7. The molecule has 0 bridgehead atoms. The van der Waals surface area contributed by atoms with Gasteiger partial charge in [-0.25, -0.2) is 0 Å². The summed E-state index contributed by atoms with van der Waals surface area (Å²) >= 11 is 1.47. The van der Waals surface area contributed by atoms with Crippen LogP contribution in [0.2, 0.25) is 0 Å². The molecule has 29 heavy (non-hydrogen) atoms. The Morgan fingerprint density at radius 3 is 2.31 bits per heavy atom. The lowest BCUT2D eigenvalue weighted by Gasteiger charge is -2.15. The summed E-state index contributed by atoms with van der Waals surface area (Å²) in [6.45, 7) is 0.487. The van der Waals surface area contributed by atoms with Gasteiger partial charge >= 0.3 is 0 Å². The highest BCUT2D eigenvalue weighted by Crippen LogP contribution is 2.22. The van der Waals surface area contributed by atoms with Crippen molar-refractivity contribution in [2.75, 3.05) is 0 Å². The Kier molecular flexibility index (Phi) is 4.32. The predicted molar refractivity (Wildman–Crippen MR) is 109 cm³/mol. The molecule has 3 aromatic heterocycles. The Hall–Kier alpha value is -3.53. The van der Waals surface area contributed by atoms with Crippen molar-refractivity contribution in [1.82, 2.24) is 40.0 Å². The van der Waals surface area contributed by atoms with Crippen molar-refractivity contribution in [2.24, 2.45) is 7.05 Å². The summed E-state index contributed by atoms with van der Waals surface area (Å²) in [6, 6.07) is 15.3. The SMILES string of the molecule is Cn1c(Cn2c3ccccc3c(=O)c3ccccc32)nnc1SCc1nnn[n-]1. The number of tetrazole rings is 1. The zero-order valence-electron chi connectivity index (χ0n) is 15.4. The molecule has 3 heterocycles. The fourth-order valence-electron chi connectivity index (χ4n) is 3.35. The molecule has 0 radical (unpaired) electrons. The van der Waals surface area contributed by atoms with Gasteiger partial charge in [0.2, 0.25) is 0 Å². The minimum absolute atomic E-state index is 0.0403. The molecule has 0 saturated carbocycles. The van der Waals surface area contributed by atoms with Gasteiger partial charge in [-0.1, -0.05) is 36.0 Å². The average molecular weight is 403 g/mol. The zero-order chi connectivity index (χ0) is 19.8. The summed E-state index contributed by atoms with van der Waals surface area (Å²) in [4.78, 5) is 12.9. The number of hydrogen-bond donors (Lipinski definition) is 0. The molecule has 0 aliphatic carbocycles. The molecule has 0 spiro atoms. The topological polar surface area (TPSA) is 105 Å². The predicted octanol–water partition coefficient (Wildman–Crippen LogP) is 1.77. The van der Waals surface area contributed by atoms with Crippen molar-refractivity contribution in [3.63, 3.8) is 0 Å². The third-order valence-corrected chi connectivity index (χ3v) is 5.81. The van der Waals surface area contributed by atoms with Gasteiger partial charge in [0.25, 0.3) is 0 Å². The lowest BCUT2D eigenvalue weighted by atomic mass is 10.1. The molecule has 2 aromatic carbocycles. The van der Waals surface area contributed by atoms with Gasteiger partial charge in [-0.15, -0.1) is 10.2 Å². The van der Waals surface area contributed by atoms with E-state index in [9.17, 15) is 4.79 Å². The number of pyridine rings is 1. The van der Waals surface area contributed by atoms with E-state index in [1.807, 2.05) is 60.1 Å². The maximum absolute atomic E-state index is 12.9. The van der Waals surface area contributed by atoms with Gasteiger partial charge in [0.05, 0.1) is 17.6 Å². The third kappa shape index (κ3) is 3.07. The third-order valence-electron chi connectivity index (χ3n) is 4.79. The largest absolute Gasteiger partial charge is 0.335 e. The Morgan fingerprint density at radius 2 is 1.66 bits per heavy atom. The van der Waals surface area contributed by atoms with Crippen molar-refractivity contribution < 1.29 is 0 Å². The molecule has 0 saturated heterocycles. The maximum Gasteiger partial charge on any atom is 0.197 e. The summed E-state index contributed by atoms with van der Waals surface area (Å²) in [5.41, 5.74) is 1.78. The molecule has 0 N–H and O–H groups in total. The summed E-state index contributed by atoms with van der Waals surface area (Å²) in [5.74, 6) is 1.85. The summed E-state index contributed by atoms with van der Waals surface area (Å²) in [5, 5.41) is 25.4. The van der Waals surface area contributed by atoms with E-state index in [0.717, 1.165) is 22.0 Å². The van der Waals surface area contributed by atoms with Crippen LogP contribution in [0.3, 0.4) is 0 Å². The Bertz CT molecular complexity index is 1310.